The summed E-state index contributed by atoms with van der Waals surface area (Å²) in [7, 11) is 0. The Bertz CT molecular complexity index is 5510. The average Bonchev–Trinajstić information content (AvgIpc) is 1.14. The lowest BCUT2D eigenvalue weighted by atomic mass is 9.33. The highest BCUT2D eigenvalue weighted by atomic mass is 15.2. The van der Waals surface area contributed by atoms with E-state index in [1.807, 2.05) is 66.7 Å². The van der Waals surface area contributed by atoms with Crippen LogP contribution >= 0.6 is 0 Å². The second-order valence-electron chi connectivity index (χ2n) is 27.0. The van der Waals surface area contributed by atoms with Crippen LogP contribution in [-0.4, -0.2) is 15.8 Å². The van der Waals surface area contributed by atoms with Crippen molar-refractivity contribution >= 4 is 101 Å². The fourth-order valence-corrected chi connectivity index (χ4v) is 15.4. The zero-order valence-electron chi connectivity index (χ0n) is 66.0. The predicted octanol–water partition coefficient (Wildman–Crippen LogP) is 20.0. The molecule has 4 heterocycles. The van der Waals surface area contributed by atoms with Gasteiger partial charge in [-0.05, 0) is 170 Å². The van der Waals surface area contributed by atoms with Crippen LogP contribution in [0.5, 0.6) is 0 Å². The molecule has 0 N–H and O–H groups in total. The lowest BCUT2D eigenvalue weighted by molar-refractivity contribution is 0.332. The predicted molar refractivity (Wildman–Crippen MR) is 371 cm³/mol. The van der Waals surface area contributed by atoms with Crippen LogP contribution in [0.15, 0.2) is 236 Å². The van der Waals surface area contributed by atoms with Crippen LogP contribution in [0.25, 0.3) is 77.2 Å². The van der Waals surface area contributed by atoms with Crippen LogP contribution in [0, 0.1) is 0 Å². The minimum Gasteiger partial charge on any atom is -0.311 e. The van der Waals surface area contributed by atoms with Crippen molar-refractivity contribution in [2.75, 3.05) is 9.80 Å². The summed E-state index contributed by atoms with van der Waals surface area (Å²) < 4.78 is 151. The Balaban J connectivity index is 1.00. The number of nitrogens with zero attached hydrogens (tertiary/aromatic N) is 4. The van der Waals surface area contributed by atoms with Crippen molar-refractivity contribution in [1.29, 1.82) is 0 Å². The van der Waals surface area contributed by atoms with Crippen molar-refractivity contribution < 1.29 is 21.9 Å². The molecular weight excluding hydrogens is 1050 g/mol. The summed E-state index contributed by atoms with van der Waals surface area (Å²) in [6, 6.07) is 40.4. The minimum atomic E-state index is -0.634. The third-order valence-corrected chi connectivity index (χ3v) is 20.2. The van der Waals surface area contributed by atoms with Crippen LogP contribution in [-0.2, 0) is 21.7 Å². The van der Waals surface area contributed by atoms with Crippen molar-refractivity contribution in [2.45, 2.75) is 103 Å². The maximum atomic E-state index is 9.63. The van der Waals surface area contributed by atoms with Gasteiger partial charge in [-0.15, -0.1) is 0 Å². The molecule has 17 rings (SSSR count). The highest BCUT2D eigenvalue weighted by molar-refractivity contribution is 7.00. The first-order valence-corrected chi connectivity index (χ1v) is 30.3. The molecule has 0 saturated carbocycles. The van der Waals surface area contributed by atoms with Gasteiger partial charge in [0, 0.05) is 66.8 Å². The fraction of sp³-hybridized carbons (Fsp3) is 0.195. The Hall–Kier alpha value is -9.32. The van der Waals surface area contributed by atoms with Gasteiger partial charge in [-0.3, -0.25) is 0 Å². The van der Waals surface area contributed by atoms with E-state index in [9.17, 15) is 11.0 Å². The molecule has 13 aromatic rings. The molecule has 87 heavy (non-hydrogen) atoms. The average molecular weight is 1140 g/mol. The van der Waals surface area contributed by atoms with Gasteiger partial charge < -0.3 is 18.9 Å². The molecule has 5 heteroatoms. The van der Waals surface area contributed by atoms with E-state index in [0.717, 1.165) is 87.1 Å². The van der Waals surface area contributed by atoms with Gasteiger partial charge in [-0.25, -0.2) is 0 Å². The molecule has 2 aliphatic heterocycles. The minimum absolute atomic E-state index is 0.0196. The van der Waals surface area contributed by atoms with Gasteiger partial charge >= 0.3 is 0 Å². The molecular formula is C82H71BN4. The number of fused-ring (bicyclic) bond motifs is 12. The number of hydrogen-bond donors (Lipinski definition) is 0. The molecule has 2 aliphatic carbocycles. The quantitative estimate of drug-likeness (QED) is 0.154. The number of para-hydroxylation sites is 6. The van der Waals surface area contributed by atoms with E-state index in [2.05, 4.69) is 138 Å². The molecule has 0 amide bonds. The van der Waals surface area contributed by atoms with E-state index in [0.29, 0.717) is 22.7 Å². The molecule has 11 aromatic carbocycles. The summed E-state index contributed by atoms with van der Waals surface area (Å²) in [5.74, 6) is 0. The first kappa shape index (κ1) is 38.0. The van der Waals surface area contributed by atoms with Crippen LogP contribution in [0.1, 0.15) is 125 Å². The van der Waals surface area contributed by atoms with Gasteiger partial charge in [0.1, 0.15) is 0 Å². The Labute approximate surface area is 534 Å². The molecule has 422 valence electrons. The Kier molecular flexibility index (Phi) is 8.12. The van der Waals surface area contributed by atoms with Crippen LogP contribution in [0.4, 0.5) is 34.1 Å². The smallest absolute Gasteiger partial charge is 0.252 e. The molecule has 0 fully saturated rings. The van der Waals surface area contributed by atoms with E-state index in [1.165, 1.54) is 22.3 Å². The highest BCUT2D eigenvalue weighted by Gasteiger charge is 2.45. The molecule has 4 aliphatic rings. The summed E-state index contributed by atoms with van der Waals surface area (Å²) in [6.07, 6.45) is 4.06. The zero-order chi connectivity index (χ0) is 72.8. The molecule has 0 bridgehead atoms. The number of anilines is 6. The lowest BCUT2D eigenvalue weighted by Gasteiger charge is -2.45. The maximum Gasteiger partial charge on any atom is 0.252 e. The molecule has 0 atom stereocenters. The van der Waals surface area contributed by atoms with E-state index < -0.39 is 103 Å². The van der Waals surface area contributed by atoms with Crippen molar-refractivity contribution in [2.24, 2.45) is 0 Å². The fourth-order valence-electron chi connectivity index (χ4n) is 15.4. The van der Waals surface area contributed by atoms with Crippen LogP contribution in [0.3, 0.4) is 0 Å². The maximum absolute atomic E-state index is 9.63. The van der Waals surface area contributed by atoms with Gasteiger partial charge in [0.25, 0.3) is 6.71 Å². The van der Waals surface area contributed by atoms with E-state index >= 15 is 0 Å². The van der Waals surface area contributed by atoms with Crippen molar-refractivity contribution in [3.63, 3.8) is 0 Å². The van der Waals surface area contributed by atoms with Crippen LogP contribution < -0.4 is 26.2 Å². The van der Waals surface area contributed by atoms with Gasteiger partial charge in [-0.2, -0.15) is 0 Å². The zero-order valence-corrected chi connectivity index (χ0v) is 50.0. The summed E-state index contributed by atoms with van der Waals surface area (Å²) in [6.45, 7) is 17.9. The van der Waals surface area contributed by atoms with Gasteiger partial charge in [0.15, 0.2) is 0 Å². The highest BCUT2D eigenvalue weighted by Crippen LogP contribution is 2.53. The SMILES string of the molecule is [2H]c1c([2H])c([2H])c2c(c1[2H])c1c([2H])c([2H])c([2H])c([2H])c1n2-c1ccc2c(c1)N(c1ccccc1-c1ccc3c(c1)C(C)(C)CCC3(C)C)c1cccc3c1B2c1ccc(-n2c4c([2H])c([2H])c([2H])c([2H])c4c4c([2H])c([2H])c([2H])c([2H])c42)cc1N3c1ccccc1-c1ccc2c(c1)C(C)(C)CCC2(C)C. The van der Waals surface area contributed by atoms with Crippen LogP contribution in [0.2, 0.25) is 0 Å². The molecule has 0 saturated heterocycles. The topological polar surface area (TPSA) is 16.3 Å². The van der Waals surface area contributed by atoms with Crippen molar-refractivity contribution in [1.82, 2.24) is 9.13 Å². The summed E-state index contributed by atoms with van der Waals surface area (Å²) in [5.41, 5.74) is 16.1. The lowest BCUT2D eigenvalue weighted by Crippen LogP contribution is -2.61. The third kappa shape index (κ3) is 7.64. The number of hydrogen-bond acceptors (Lipinski definition) is 2. The number of aromatic nitrogens is 2. The number of benzene rings is 11. The van der Waals surface area contributed by atoms with E-state index in [-0.39, 0.29) is 65.3 Å². The standard InChI is InChI=1S/C82H71BN4/c1-79(2)44-46-81(5,6)64-48-52(36-40-62(64)79)56-22-9-15-28-68(56)86-74-34-21-35-75-78(74)83(66-42-38-54(50-76(66)86)84-70-30-17-11-24-58(70)59-25-12-18-31-71(59)84)67-43-39-55(85-72-32-19-13-26-60(72)61-27-14-20-33-73(61)85)51-77(67)87(75)69-29-16-10-23-57(69)53-37-41-63-65(49-53)82(7,8)47-45-80(63,3)4/h9-43,48-51H,44-47H2,1-8H3/i11D,12D,13D,14D,17D,18D,19D,20D,24D,25D,26D,27D,30D,31D,32D,33D. The Morgan fingerprint density at radius 3 is 1.07 bits per heavy atom. The molecule has 0 spiro atoms. The second kappa shape index (κ2) is 18.6. The first-order valence-electron chi connectivity index (χ1n) is 38.3. The second-order valence-corrected chi connectivity index (χ2v) is 27.0. The van der Waals surface area contributed by atoms with Gasteiger partial charge in [-0.1, -0.05) is 219 Å². The summed E-state index contributed by atoms with van der Waals surface area (Å²) in [5, 5.41) is -0.181. The largest absolute Gasteiger partial charge is 0.311 e. The van der Waals surface area contributed by atoms with Crippen molar-refractivity contribution in [3.05, 3.63) is 258 Å². The third-order valence-electron chi connectivity index (χ3n) is 20.2. The molecule has 0 radical (unpaired) electrons. The Morgan fingerprint density at radius 2 is 0.678 bits per heavy atom. The summed E-state index contributed by atoms with van der Waals surface area (Å²) >= 11 is 0. The van der Waals surface area contributed by atoms with Gasteiger partial charge in [0.2, 0.25) is 0 Å². The molecule has 0 unspecified atom stereocenters. The Morgan fingerprint density at radius 1 is 0.333 bits per heavy atom. The monoisotopic (exact) mass is 1140 g/mol. The first-order chi connectivity index (χ1) is 48.8. The van der Waals surface area contributed by atoms with E-state index in [4.69, 9.17) is 11.0 Å². The van der Waals surface area contributed by atoms with Crippen molar-refractivity contribution in [3.8, 4) is 33.6 Å². The number of rotatable bonds is 6. The molecule has 2 aromatic heterocycles. The summed E-state index contributed by atoms with van der Waals surface area (Å²) in [4.78, 5) is 4.51. The van der Waals surface area contributed by atoms with E-state index in [1.54, 1.807) is 9.13 Å². The van der Waals surface area contributed by atoms with Gasteiger partial charge in [0.05, 0.1) is 55.4 Å². The normalized spacial score (nSPS) is 19.2. The molecule has 4 nitrogen and oxygen atoms in total.